The van der Waals surface area contributed by atoms with E-state index in [0.717, 1.165) is 22.8 Å². The molecule has 0 aliphatic rings. The van der Waals surface area contributed by atoms with Gasteiger partial charge in [0.15, 0.2) is 0 Å². The molecule has 2 aromatic rings. The van der Waals surface area contributed by atoms with Crippen molar-refractivity contribution >= 4 is 17.1 Å². The highest BCUT2D eigenvalue weighted by atomic mass is 16.5. The van der Waals surface area contributed by atoms with Gasteiger partial charge in [0.2, 0.25) is 0 Å². The molecule has 0 radical (unpaired) electrons. The molecule has 0 fully saturated rings. The van der Waals surface area contributed by atoms with Gasteiger partial charge in [-0.1, -0.05) is 53.7 Å². The smallest absolute Gasteiger partial charge is 0.126 e. The molecule has 0 heterocycles. The lowest BCUT2D eigenvalue weighted by Gasteiger charge is -2.30. The van der Waals surface area contributed by atoms with Crippen molar-refractivity contribution in [1.29, 1.82) is 0 Å². The minimum absolute atomic E-state index is 0.0226. The molecule has 0 aromatic heterocycles. The summed E-state index contributed by atoms with van der Waals surface area (Å²) in [6, 6.07) is 12.2. The molecule has 0 spiro atoms. The molecule has 3 N–H and O–H groups in total. The van der Waals surface area contributed by atoms with E-state index in [9.17, 15) is 0 Å². The summed E-state index contributed by atoms with van der Waals surface area (Å²) in [7, 11) is 1.75. The van der Waals surface area contributed by atoms with Gasteiger partial charge in [0.1, 0.15) is 5.75 Å². The van der Waals surface area contributed by atoms with E-state index in [2.05, 4.69) is 59.0 Å². The van der Waals surface area contributed by atoms with E-state index >= 15 is 0 Å². The highest BCUT2D eigenvalue weighted by Gasteiger charge is 2.27. The number of nitrogens with one attached hydrogen (secondary N) is 1. The van der Waals surface area contributed by atoms with Crippen LogP contribution in [0.2, 0.25) is 0 Å². The Bertz CT molecular complexity index is 686. The van der Waals surface area contributed by atoms with Gasteiger partial charge in [0, 0.05) is 16.8 Å². The van der Waals surface area contributed by atoms with Gasteiger partial charge in [-0.25, -0.2) is 0 Å². The Morgan fingerprint density at radius 1 is 0.875 bits per heavy atom. The minimum atomic E-state index is -0.0226. The normalized spacial score (nSPS) is 12.1. The van der Waals surface area contributed by atoms with Crippen molar-refractivity contribution in [2.24, 2.45) is 0 Å². The van der Waals surface area contributed by atoms with Gasteiger partial charge in [-0.15, -0.1) is 0 Å². The van der Waals surface area contributed by atoms with E-state index in [4.69, 9.17) is 10.5 Å². The van der Waals surface area contributed by atoms with Crippen molar-refractivity contribution in [2.75, 3.05) is 18.2 Å². The molecule has 3 heteroatoms. The highest BCUT2D eigenvalue weighted by Crippen LogP contribution is 2.42. The SMILES string of the molecule is COc1c(C(C)(C)C)cc(Nc2ccccc2N)cc1C(C)(C)C. The lowest BCUT2D eigenvalue weighted by Crippen LogP contribution is -2.19. The van der Waals surface area contributed by atoms with Crippen LogP contribution in [0.15, 0.2) is 36.4 Å². The summed E-state index contributed by atoms with van der Waals surface area (Å²) in [5, 5.41) is 3.47. The molecule has 0 saturated heterocycles. The van der Waals surface area contributed by atoms with Gasteiger partial charge in [-0.05, 0) is 35.1 Å². The Labute approximate surface area is 146 Å². The zero-order chi connectivity index (χ0) is 18.1. The fourth-order valence-corrected chi connectivity index (χ4v) is 2.80. The summed E-state index contributed by atoms with van der Waals surface area (Å²) < 4.78 is 5.81. The average molecular weight is 326 g/mol. The molecule has 24 heavy (non-hydrogen) atoms. The van der Waals surface area contributed by atoms with E-state index in [0.29, 0.717) is 0 Å². The maximum atomic E-state index is 6.08. The predicted octanol–water partition coefficient (Wildman–Crippen LogP) is 5.62. The third kappa shape index (κ3) is 3.84. The second-order valence-corrected chi connectivity index (χ2v) is 8.32. The van der Waals surface area contributed by atoms with Crippen LogP contribution >= 0.6 is 0 Å². The summed E-state index contributed by atoms with van der Waals surface area (Å²) in [5.41, 5.74) is 11.1. The van der Waals surface area contributed by atoms with Gasteiger partial charge in [-0.3, -0.25) is 0 Å². The summed E-state index contributed by atoms with van der Waals surface area (Å²) in [5.74, 6) is 0.974. The van der Waals surface area contributed by atoms with Crippen LogP contribution in [0.4, 0.5) is 17.1 Å². The Balaban J connectivity index is 2.63. The molecule has 0 aliphatic heterocycles. The number of para-hydroxylation sites is 2. The molecule has 2 aromatic carbocycles. The van der Waals surface area contributed by atoms with Crippen molar-refractivity contribution in [3.63, 3.8) is 0 Å². The van der Waals surface area contributed by atoms with Gasteiger partial charge in [-0.2, -0.15) is 0 Å². The zero-order valence-corrected chi connectivity index (χ0v) is 15.9. The van der Waals surface area contributed by atoms with Crippen LogP contribution in [0.5, 0.6) is 5.75 Å². The van der Waals surface area contributed by atoms with Crippen LogP contribution in [0.3, 0.4) is 0 Å². The second-order valence-electron chi connectivity index (χ2n) is 8.32. The molecule has 0 unspecified atom stereocenters. The van der Waals surface area contributed by atoms with Crippen LogP contribution in [0.25, 0.3) is 0 Å². The topological polar surface area (TPSA) is 47.3 Å². The van der Waals surface area contributed by atoms with Crippen molar-refractivity contribution in [3.8, 4) is 5.75 Å². The Kier molecular flexibility index (Phi) is 4.84. The molecular weight excluding hydrogens is 296 g/mol. The third-order valence-corrected chi connectivity index (χ3v) is 4.15. The maximum Gasteiger partial charge on any atom is 0.126 e. The van der Waals surface area contributed by atoms with Gasteiger partial charge < -0.3 is 15.8 Å². The van der Waals surface area contributed by atoms with Crippen LogP contribution in [-0.4, -0.2) is 7.11 Å². The van der Waals surface area contributed by atoms with E-state index in [1.54, 1.807) is 7.11 Å². The average Bonchev–Trinajstić information content (AvgIpc) is 2.47. The standard InChI is InChI=1S/C21H30N2O/c1-20(2,3)15-12-14(23-18-11-9-8-10-17(18)22)13-16(19(15)24-7)21(4,5)6/h8-13,23H,22H2,1-7H3. The first-order valence-corrected chi connectivity index (χ1v) is 8.38. The quantitative estimate of drug-likeness (QED) is 0.720. The number of hydrogen-bond donors (Lipinski definition) is 2. The molecule has 130 valence electrons. The number of nitrogen functional groups attached to an aromatic ring is 1. The number of anilines is 3. The van der Waals surface area contributed by atoms with Gasteiger partial charge in [0.25, 0.3) is 0 Å². The molecule has 2 rings (SSSR count). The minimum Gasteiger partial charge on any atom is -0.496 e. The second kappa shape index (κ2) is 6.39. The lowest BCUT2D eigenvalue weighted by molar-refractivity contribution is 0.382. The van der Waals surface area contributed by atoms with Gasteiger partial charge in [0.05, 0.1) is 18.5 Å². The number of nitrogens with two attached hydrogens (primary N) is 1. The van der Waals surface area contributed by atoms with Crippen molar-refractivity contribution < 1.29 is 4.74 Å². The van der Waals surface area contributed by atoms with Crippen LogP contribution < -0.4 is 15.8 Å². The van der Waals surface area contributed by atoms with Crippen molar-refractivity contribution in [2.45, 2.75) is 52.4 Å². The van der Waals surface area contributed by atoms with E-state index in [-0.39, 0.29) is 10.8 Å². The monoisotopic (exact) mass is 326 g/mol. The van der Waals surface area contributed by atoms with Crippen LogP contribution in [-0.2, 0) is 10.8 Å². The number of benzene rings is 2. The third-order valence-electron chi connectivity index (χ3n) is 4.15. The first kappa shape index (κ1) is 18.2. The summed E-state index contributed by atoms with van der Waals surface area (Å²) in [6.45, 7) is 13.2. The molecule has 0 aliphatic carbocycles. The summed E-state index contributed by atoms with van der Waals surface area (Å²) in [4.78, 5) is 0. The molecule has 0 atom stereocenters. The Morgan fingerprint density at radius 3 is 1.79 bits per heavy atom. The highest BCUT2D eigenvalue weighted by molar-refractivity contribution is 5.74. The largest absolute Gasteiger partial charge is 0.496 e. The fraction of sp³-hybridized carbons (Fsp3) is 0.429. The van der Waals surface area contributed by atoms with Crippen molar-refractivity contribution in [3.05, 3.63) is 47.5 Å². The number of rotatable bonds is 3. The number of ether oxygens (including phenoxy) is 1. The molecule has 0 saturated carbocycles. The molecule has 3 nitrogen and oxygen atoms in total. The Hall–Kier alpha value is -2.16. The summed E-state index contributed by atoms with van der Waals surface area (Å²) >= 11 is 0. The van der Waals surface area contributed by atoms with Crippen LogP contribution in [0, 0.1) is 0 Å². The first-order valence-electron chi connectivity index (χ1n) is 8.38. The van der Waals surface area contributed by atoms with Gasteiger partial charge >= 0.3 is 0 Å². The summed E-state index contributed by atoms with van der Waals surface area (Å²) in [6.07, 6.45) is 0. The predicted molar refractivity (Wildman–Crippen MR) is 105 cm³/mol. The fourth-order valence-electron chi connectivity index (χ4n) is 2.80. The number of methoxy groups -OCH3 is 1. The van der Waals surface area contributed by atoms with E-state index < -0.39 is 0 Å². The first-order chi connectivity index (χ1) is 11.0. The lowest BCUT2D eigenvalue weighted by atomic mass is 9.79. The number of hydrogen-bond acceptors (Lipinski definition) is 3. The van der Waals surface area contributed by atoms with Crippen LogP contribution in [0.1, 0.15) is 52.7 Å². The van der Waals surface area contributed by atoms with E-state index in [1.807, 2.05) is 24.3 Å². The Morgan fingerprint density at radius 2 is 1.38 bits per heavy atom. The maximum absolute atomic E-state index is 6.08. The van der Waals surface area contributed by atoms with Crippen molar-refractivity contribution in [1.82, 2.24) is 0 Å². The van der Waals surface area contributed by atoms with E-state index in [1.165, 1.54) is 11.1 Å². The molecular formula is C21H30N2O. The molecule has 0 amide bonds. The molecule has 0 bridgehead atoms. The zero-order valence-electron chi connectivity index (χ0n) is 15.9.